The van der Waals surface area contributed by atoms with Crippen molar-refractivity contribution in [1.82, 2.24) is 15.1 Å². The summed E-state index contributed by atoms with van der Waals surface area (Å²) < 4.78 is 14.4. The first-order valence-corrected chi connectivity index (χ1v) is 5.19. The number of hydrogen-bond donors (Lipinski definition) is 1. The minimum atomic E-state index is -0.277. The van der Waals surface area contributed by atoms with Crippen LogP contribution in [0.1, 0.15) is 11.3 Å². The average molecular weight is 233 g/mol. The van der Waals surface area contributed by atoms with Gasteiger partial charge in [-0.1, -0.05) is 0 Å². The number of amides is 1. The van der Waals surface area contributed by atoms with Crippen LogP contribution in [0.2, 0.25) is 0 Å². The van der Waals surface area contributed by atoms with Gasteiger partial charge < -0.3 is 5.32 Å². The zero-order valence-corrected chi connectivity index (χ0v) is 9.35. The number of benzene rings is 1. The van der Waals surface area contributed by atoms with E-state index in [4.69, 9.17) is 0 Å². The van der Waals surface area contributed by atoms with Gasteiger partial charge in [-0.2, -0.15) is 5.10 Å². The molecular weight excluding hydrogens is 221 g/mol. The first-order chi connectivity index (χ1) is 8.20. The molecule has 1 amide bonds. The molecule has 2 rings (SSSR count). The smallest absolute Gasteiger partial charge is 0.207 e. The highest BCUT2D eigenvalue weighted by atomic mass is 19.1. The maximum atomic E-state index is 12.8. The number of nitrogens with zero attached hydrogens (tertiary/aromatic N) is 2. The maximum Gasteiger partial charge on any atom is 0.207 e. The van der Waals surface area contributed by atoms with Gasteiger partial charge in [-0.05, 0) is 31.2 Å². The van der Waals surface area contributed by atoms with Gasteiger partial charge in [0.05, 0.1) is 11.4 Å². The molecule has 5 heteroatoms. The van der Waals surface area contributed by atoms with Crippen LogP contribution in [-0.2, 0) is 11.3 Å². The lowest BCUT2D eigenvalue weighted by atomic mass is 10.2. The number of halogens is 1. The first-order valence-electron chi connectivity index (χ1n) is 5.19. The molecule has 0 saturated heterocycles. The average Bonchev–Trinajstić information content (AvgIpc) is 2.69. The summed E-state index contributed by atoms with van der Waals surface area (Å²) in [6, 6.07) is 6.07. The first kappa shape index (κ1) is 11.3. The van der Waals surface area contributed by atoms with E-state index in [0.29, 0.717) is 13.0 Å². The predicted octanol–water partition coefficient (Wildman–Crippen LogP) is 1.57. The molecule has 1 aromatic heterocycles. The minimum Gasteiger partial charge on any atom is -0.354 e. The summed E-state index contributed by atoms with van der Waals surface area (Å²) in [6.45, 7) is 2.30. The number of nitrogens with one attached hydrogen (secondary N) is 1. The zero-order valence-electron chi connectivity index (χ0n) is 9.35. The predicted molar refractivity (Wildman–Crippen MR) is 61.2 cm³/mol. The summed E-state index contributed by atoms with van der Waals surface area (Å²) in [5, 5.41) is 6.89. The van der Waals surface area contributed by atoms with Gasteiger partial charge in [0.1, 0.15) is 5.82 Å². The second-order valence-corrected chi connectivity index (χ2v) is 3.66. The number of aromatic nitrogens is 2. The van der Waals surface area contributed by atoms with Gasteiger partial charge in [0.2, 0.25) is 6.41 Å². The lowest BCUT2D eigenvalue weighted by molar-refractivity contribution is -0.109. The Bertz CT molecular complexity index is 519. The van der Waals surface area contributed by atoms with Crippen LogP contribution in [0.4, 0.5) is 4.39 Å². The minimum absolute atomic E-state index is 0.277. The molecule has 0 aliphatic carbocycles. The summed E-state index contributed by atoms with van der Waals surface area (Å²) in [5.41, 5.74) is 2.55. The highest BCUT2D eigenvalue weighted by Crippen LogP contribution is 2.12. The van der Waals surface area contributed by atoms with Crippen LogP contribution in [0.25, 0.3) is 5.69 Å². The van der Waals surface area contributed by atoms with Gasteiger partial charge >= 0.3 is 0 Å². The zero-order chi connectivity index (χ0) is 12.3. The third-order valence-electron chi connectivity index (χ3n) is 2.47. The van der Waals surface area contributed by atoms with Crippen LogP contribution in [0.3, 0.4) is 0 Å². The van der Waals surface area contributed by atoms with E-state index >= 15 is 0 Å². The Morgan fingerprint density at radius 3 is 2.76 bits per heavy atom. The van der Waals surface area contributed by atoms with E-state index in [9.17, 15) is 9.18 Å². The molecule has 0 radical (unpaired) electrons. The van der Waals surface area contributed by atoms with E-state index in [1.807, 2.05) is 13.1 Å². The largest absolute Gasteiger partial charge is 0.354 e. The third kappa shape index (κ3) is 2.50. The molecule has 0 atom stereocenters. The Balaban J connectivity index is 2.27. The summed E-state index contributed by atoms with van der Waals surface area (Å²) in [6.07, 6.45) is 2.47. The van der Waals surface area contributed by atoms with Crippen LogP contribution in [-0.4, -0.2) is 16.2 Å². The van der Waals surface area contributed by atoms with Crippen molar-refractivity contribution in [3.05, 3.63) is 47.5 Å². The van der Waals surface area contributed by atoms with Crippen LogP contribution >= 0.6 is 0 Å². The molecule has 0 unspecified atom stereocenters. The Morgan fingerprint density at radius 2 is 2.12 bits per heavy atom. The number of hydrogen-bond acceptors (Lipinski definition) is 2. The molecule has 17 heavy (non-hydrogen) atoms. The monoisotopic (exact) mass is 233 g/mol. The quantitative estimate of drug-likeness (QED) is 0.815. The fraction of sp³-hybridized carbons (Fsp3) is 0.167. The van der Waals surface area contributed by atoms with Crippen molar-refractivity contribution in [3.63, 3.8) is 0 Å². The van der Waals surface area contributed by atoms with Gasteiger partial charge in [0.15, 0.2) is 0 Å². The lowest BCUT2D eigenvalue weighted by Gasteiger charge is -1.99. The normalized spacial score (nSPS) is 10.2. The van der Waals surface area contributed by atoms with Gasteiger partial charge in [-0.3, -0.25) is 4.79 Å². The van der Waals surface area contributed by atoms with E-state index in [1.54, 1.807) is 16.8 Å². The second kappa shape index (κ2) is 4.78. The van der Waals surface area contributed by atoms with Crippen molar-refractivity contribution in [2.45, 2.75) is 13.5 Å². The SMILES string of the molecule is Cc1nn(-c2ccc(F)cc2)cc1CNC=O. The molecule has 0 saturated carbocycles. The van der Waals surface area contributed by atoms with E-state index in [1.165, 1.54) is 12.1 Å². The number of carbonyl (C=O) groups is 1. The number of aryl methyl sites for hydroxylation is 1. The van der Waals surface area contributed by atoms with Crippen molar-refractivity contribution in [2.24, 2.45) is 0 Å². The maximum absolute atomic E-state index is 12.8. The molecule has 0 spiro atoms. The molecule has 1 N–H and O–H groups in total. The molecule has 4 nitrogen and oxygen atoms in total. The second-order valence-electron chi connectivity index (χ2n) is 3.66. The third-order valence-corrected chi connectivity index (χ3v) is 2.47. The van der Waals surface area contributed by atoms with Gasteiger partial charge in [0, 0.05) is 18.3 Å². The van der Waals surface area contributed by atoms with Crippen molar-refractivity contribution in [1.29, 1.82) is 0 Å². The van der Waals surface area contributed by atoms with E-state index < -0.39 is 0 Å². The molecule has 0 aliphatic rings. The van der Waals surface area contributed by atoms with E-state index in [2.05, 4.69) is 10.4 Å². The van der Waals surface area contributed by atoms with Crippen LogP contribution in [0.5, 0.6) is 0 Å². The molecular formula is C12H12FN3O. The van der Waals surface area contributed by atoms with Gasteiger partial charge in [-0.15, -0.1) is 0 Å². The highest BCUT2D eigenvalue weighted by molar-refractivity contribution is 5.46. The Kier molecular flexibility index (Phi) is 3.18. The lowest BCUT2D eigenvalue weighted by Crippen LogP contribution is -2.09. The molecule has 0 fully saturated rings. The standard InChI is InChI=1S/C12H12FN3O/c1-9-10(6-14-8-17)7-16(15-9)12-4-2-11(13)3-5-12/h2-5,7-8H,6H2,1H3,(H,14,17). The molecule has 0 aliphatic heterocycles. The van der Waals surface area contributed by atoms with Crippen LogP contribution < -0.4 is 5.32 Å². The van der Waals surface area contributed by atoms with Crippen molar-refractivity contribution >= 4 is 6.41 Å². The topological polar surface area (TPSA) is 46.9 Å². The Labute approximate surface area is 98.1 Å². The molecule has 1 aromatic carbocycles. The van der Waals surface area contributed by atoms with Crippen LogP contribution in [0.15, 0.2) is 30.5 Å². The molecule has 0 bridgehead atoms. The van der Waals surface area contributed by atoms with Gasteiger partial charge in [-0.25, -0.2) is 9.07 Å². The number of rotatable bonds is 4. The number of carbonyl (C=O) groups excluding carboxylic acids is 1. The fourth-order valence-corrected chi connectivity index (χ4v) is 1.55. The summed E-state index contributed by atoms with van der Waals surface area (Å²) in [5.74, 6) is -0.277. The Morgan fingerprint density at radius 1 is 1.41 bits per heavy atom. The molecule has 1 heterocycles. The molecule has 2 aromatic rings. The summed E-state index contributed by atoms with van der Waals surface area (Å²) >= 11 is 0. The van der Waals surface area contributed by atoms with Gasteiger partial charge in [0.25, 0.3) is 0 Å². The van der Waals surface area contributed by atoms with Crippen molar-refractivity contribution in [3.8, 4) is 5.69 Å². The van der Waals surface area contributed by atoms with Crippen molar-refractivity contribution < 1.29 is 9.18 Å². The summed E-state index contributed by atoms with van der Waals surface area (Å²) in [4.78, 5) is 10.2. The Hall–Kier alpha value is -2.17. The van der Waals surface area contributed by atoms with E-state index in [-0.39, 0.29) is 5.82 Å². The fourth-order valence-electron chi connectivity index (χ4n) is 1.55. The molecule has 88 valence electrons. The highest BCUT2D eigenvalue weighted by Gasteiger charge is 2.05. The van der Waals surface area contributed by atoms with E-state index in [0.717, 1.165) is 16.9 Å². The van der Waals surface area contributed by atoms with Crippen molar-refractivity contribution in [2.75, 3.05) is 0 Å². The summed E-state index contributed by atoms with van der Waals surface area (Å²) in [7, 11) is 0. The van der Waals surface area contributed by atoms with Crippen LogP contribution in [0, 0.1) is 12.7 Å².